The summed E-state index contributed by atoms with van der Waals surface area (Å²) in [6.45, 7) is 3.12. The Morgan fingerprint density at radius 1 is 1.44 bits per heavy atom. The summed E-state index contributed by atoms with van der Waals surface area (Å²) in [5.74, 6) is -0.0665. The van der Waals surface area contributed by atoms with Crippen LogP contribution in [0.4, 0.5) is 4.39 Å². The van der Waals surface area contributed by atoms with Crippen molar-refractivity contribution in [3.63, 3.8) is 0 Å². The molecule has 0 unspecified atom stereocenters. The van der Waals surface area contributed by atoms with Gasteiger partial charge >= 0.3 is 0 Å². The van der Waals surface area contributed by atoms with Crippen molar-refractivity contribution in [2.45, 2.75) is 11.8 Å². The minimum Gasteiger partial charge on any atom is -0.316 e. The van der Waals surface area contributed by atoms with Crippen molar-refractivity contribution >= 4 is 9.84 Å². The maximum Gasteiger partial charge on any atom is 0.179 e. The van der Waals surface area contributed by atoms with E-state index in [2.05, 4.69) is 5.32 Å². The van der Waals surface area contributed by atoms with Crippen LogP contribution < -0.4 is 5.32 Å². The van der Waals surface area contributed by atoms with Gasteiger partial charge in [0.25, 0.3) is 0 Å². The van der Waals surface area contributed by atoms with E-state index in [1.807, 2.05) is 0 Å². The summed E-state index contributed by atoms with van der Waals surface area (Å²) in [6, 6.07) is 3.80. The Bertz CT molecular complexity index is 495. The van der Waals surface area contributed by atoms with E-state index in [0.29, 0.717) is 5.56 Å². The molecule has 1 aromatic carbocycles. The normalized spacial score (nSPS) is 17.1. The van der Waals surface area contributed by atoms with E-state index in [1.165, 1.54) is 18.2 Å². The van der Waals surface area contributed by atoms with Crippen LogP contribution in [-0.4, -0.2) is 27.3 Å². The van der Waals surface area contributed by atoms with Crippen LogP contribution in [0.25, 0.3) is 0 Å². The summed E-state index contributed by atoms with van der Waals surface area (Å²) in [5.41, 5.74) is 0.479. The molecule has 0 radical (unpaired) electrons. The van der Waals surface area contributed by atoms with Crippen LogP contribution in [-0.2, 0) is 9.84 Å². The monoisotopic (exact) mass is 243 g/mol. The van der Waals surface area contributed by atoms with Crippen LogP contribution in [0.5, 0.6) is 0 Å². The van der Waals surface area contributed by atoms with Crippen LogP contribution in [0.1, 0.15) is 5.56 Å². The van der Waals surface area contributed by atoms with Gasteiger partial charge < -0.3 is 5.32 Å². The molecule has 0 atom stereocenters. The van der Waals surface area contributed by atoms with Crippen LogP contribution in [0, 0.1) is 18.7 Å². The Morgan fingerprint density at radius 3 is 2.62 bits per heavy atom. The van der Waals surface area contributed by atoms with Gasteiger partial charge in [-0.05, 0) is 36.6 Å². The molecule has 0 amide bonds. The number of nitrogens with one attached hydrogen (secondary N) is 1. The minimum absolute atomic E-state index is 0.145. The van der Waals surface area contributed by atoms with Crippen molar-refractivity contribution in [3.05, 3.63) is 29.6 Å². The van der Waals surface area contributed by atoms with Crippen LogP contribution in [0.3, 0.4) is 0 Å². The highest BCUT2D eigenvalue weighted by Gasteiger charge is 2.26. The van der Waals surface area contributed by atoms with Gasteiger partial charge in [-0.3, -0.25) is 0 Å². The molecular formula is C11H14FNO2S. The van der Waals surface area contributed by atoms with E-state index in [1.54, 1.807) is 6.92 Å². The molecule has 1 aliphatic heterocycles. The van der Waals surface area contributed by atoms with Gasteiger partial charge in [-0.1, -0.05) is 0 Å². The lowest BCUT2D eigenvalue weighted by atomic mass is 10.1. The predicted octanol–water partition coefficient (Wildman–Crippen LogP) is 1.13. The molecule has 0 saturated carbocycles. The van der Waals surface area contributed by atoms with Crippen molar-refractivity contribution < 1.29 is 12.8 Å². The Hall–Kier alpha value is -0.940. The second kappa shape index (κ2) is 4.14. The van der Waals surface area contributed by atoms with E-state index < -0.39 is 15.7 Å². The molecule has 0 spiro atoms. The fourth-order valence-electron chi connectivity index (χ4n) is 1.83. The van der Waals surface area contributed by atoms with Gasteiger partial charge in [0.05, 0.1) is 10.6 Å². The van der Waals surface area contributed by atoms with Gasteiger partial charge in [0.15, 0.2) is 9.84 Å². The standard InChI is InChI=1S/C11H14FNO2S/c1-8-4-10(12)2-3-11(8)16(14,15)7-9-5-13-6-9/h2-4,9,13H,5-7H2,1H3. The molecule has 1 heterocycles. The molecule has 1 saturated heterocycles. The fraction of sp³-hybridized carbons (Fsp3) is 0.455. The lowest BCUT2D eigenvalue weighted by molar-refractivity contribution is 0.378. The second-order valence-corrected chi connectivity index (χ2v) is 6.22. The Balaban J connectivity index is 2.27. The van der Waals surface area contributed by atoms with E-state index in [9.17, 15) is 12.8 Å². The van der Waals surface area contributed by atoms with Crippen LogP contribution in [0.2, 0.25) is 0 Å². The van der Waals surface area contributed by atoms with E-state index in [0.717, 1.165) is 13.1 Å². The average molecular weight is 243 g/mol. The summed E-state index contributed by atoms with van der Waals surface area (Å²) < 4.78 is 36.9. The SMILES string of the molecule is Cc1cc(F)ccc1S(=O)(=O)CC1CNC1. The molecule has 0 bridgehead atoms. The summed E-state index contributed by atoms with van der Waals surface area (Å²) >= 11 is 0. The first kappa shape index (κ1) is 11.5. The third-order valence-electron chi connectivity index (χ3n) is 2.79. The van der Waals surface area contributed by atoms with Crippen molar-refractivity contribution in [3.8, 4) is 0 Å². The summed E-state index contributed by atoms with van der Waals surface area (Å²) in [6.07, 6.45) is 0. The number of rotatable bonds is 3. The smallest absolute Gasteiger partial charge is 0.179 e. The number of halogens is 1. The number of hydrogen-bond acceptors (Lipinski definition) is 3. The summed E-state index contributed by atoms with van der Waals surface area (Å²) in [7, 11) is -3.27. The largest absolute Gasteiger partial charge is 0.316 e. The zero-order valence-electron chi connectivity index (χ0n) is 9.03. The zero-order chi connectivity index (χ0) is 11.8. The molecule has 3 nitrogen and oxygen atoms in total. The molecule has 16 heavy (non-hydrogen) atoms. The molecule has 5 heteroatoms. The maximum atomic E-state index is 12.9. The van der Waals surface area contributed by atoms with E-state index in [-0.39, 0.29) is 16.6 Å². The molecule has 1 aliphatic rings. The first-order chi connectivity index (χ1) is 7.49. The van der Waals surface area contributed by atoms with Crippen LogP contribution in [0.15, 0.2) is 23.1 Å². The Kier molecular flexibility index (Phi) is 2.99. The van der Waals surface area contributed by atoms with Gasteiger partial charge in [-0.2, -0.15) is 0 Å². The lowest BCUT2D eigenvalue weighted by Crippen LogP contribution is -2.45. The zero-order valence-corrected chi connectivity index (χ0v) is 9.85. The molecule has 1 N–H and O–H groups in total. The molecule has 1 fully saturated rings. The average Bonchev–Trinajstić information content (AvgIpc) is 2.11. The summed E-state index contributed by atoms with van der Waals surface area (Å²) in [4.78, 5) is 0.251. The molecular weight excluding hydrogens is 229 g/mol. The van der Waals surface area contributed by atoms with Crippen molar-refractivity contribution in [1.29, 1.82) is 0 Å². The topological polar surface area (TPSA) is 46.2 Å². The van der Waals surface area contributed by atoms with Gasteiger partial charge in [-0.25, -0.2) is 12.8 Å². The number of hydrogen-bond donors (Lipinski definition) is 1. The third-order valence-corrected chi connectivity index (χ3v) is 4.83. The highest BCUT2D eigenvalue weighted by molar-refractivity contribution is 7.91. The fourth-order valence-corrected chi connectivity index (χ4v) is 3.69. The van der Waals surface area contributed by atoms with E-state index in [4.69, 9.17) is 0 Å². The predicted molar refractivity (Wildman–Crippen MR) is 59.5 cm³/mol. The van der Waals surface area contributed by atoms with E-state index >= 15 is 0 Å². The molecule has 1 aromatic rings. The van der Waals surface area contributed by atoms with Crippen molar-refractivity contribution in [1.82, 2.24) is 5.32 Å². The quantitative estimate of drug-likeness (QED) is 0.809. The number of sulfone groups is 1. The highest BCUT2D eigenvalue weighted by Crippen LogP contribution is 2.20. The van der Waals surface area contributed by atoms with Gasteiger partial charge in [0.2, 0.25) is 0 Å². The molecule has 0 aromatic heterocycles. The molecule has 88 valence electrons. The second-order valence-electron chi connectivity index (χ2n) is 4.22. The maximum absolute atomic E-state index is 12.9. The van der Waals surface area contributed by atoms with Gasteiger partial charge in [-0.15, -0.1) is 0 Å². The Morgan fingerprint density at radius 2 is 2.12 bits per heavy atom. The van der Waals surface area contributed by atoms with Crippen molar-refractivity contribution in [2.24, 2.45) is 5.92 Å². The Labute approximate surface area is 94.6 Å². The van der Waals surface area contributed by atoms with Gasteiger partial charge in [0, 0.05) is 13.1 Å². The molecule has 2 rings (SSSR count). The molecule has 0 aliphatic carbocycles. The number of benzene rings is 1. The highest BCUT2D eigenvalue weighted by atomic mass is 32.2. The lowest BCUT2D eigenvalue weighted by Gasteiger charge is -2.26. The van der Waals surface area contributed by atoms with Crippen molar-refractivity contribution in [2.75, 3.05) is 18.8 Å². The number of aryl methyl sites for hydroxylation is 1. The summed E-state index contributed by atoms with van der Waals surface area (Å²) in [5, 5.41) is 3.03. The minimum atomic E-state index is -3.27. The van der Waals surface area contributed by atoms with Gasteiger partial charge in [0.1, 0.15) is 5.82 Å². The van der Waals surface area contributed by atoms with Crippen LogP contribution >= 0.6 is 0 Å². The first-order valence-electron chi connectivity index (χ1n) is 5.19. The third kappa shape index (κ3) is 2.25. The first-order valence-corrected chi connectivity index (χ1v) is 6.84.